The van der Waals surface area contributed by atoms with Gasteiger partial charge in [0.25, 0.3) is 5.91 Å². The Balaban J connectivity index is 1.77. The molecule has 0 bridgehead atoms. The first-order chi connectivity index (χ1) is 15.2. The molecule has 0 atom stereocenters. The van der Waals surface area contributed by atoms with Gasteiger partial charge in [0.1, 0.15) is 5.75 Å². The molecule has 2 aromatic carbocycles. The van der Waals surface area contributed by atoms with Crippen LogP contribution in [-0.4, -0.2) is 24.3 Å². The molecular formula is C23H27BrClN3O4. The third-order valence-corrected chi connectivity index (χ3v) is 5.61. The Hall–Kier alpha value is -2.58. The Morgan fingerprint density at radius 3 is 2.47 bits per heavy atom. The van der Waals surface area contributed by atoms with Gasteiger partial charge in [0.15, 0.2) is 0 Å². The van der Waals surface area contributed by atoms with Crippen LogP contribution < -0.4 is 20.9 Å². The standard InChI is InChI=1S/C23H27BrClN3O4/c1-14(2)11-12-32-20-8-7-16(13-17(20)24)23(31)28-27-22(30)10-9-21(29)26-19-6-4-5-18(25)15(19)3/h4-8,13-14H,9-12H2,1-3H3,(H,26,29)(H,27,30)(H,28,31). The van der Waals surface area contributed by atoms with Crippen molar-refractivity contribution < 1.29 is 19.1 Å². The second-order valence-electron chi connectivity index (χ2n) is 7.64. The van der Waals surface area contributed by atoms with Gasteiger partial charge in [-0.25, -0.2) is 0 Å². The van der Waals surface area contributed by atoms with Gasteiger partial charge in [-0.2, -0.15) is 0 Å². The van der Waals surface area contributed by atoms with Gasteiger partial charge in [-0.15, -0.1) is 0 Å². The quantitative estimate of drug-likeness (QED) is 0.402. The van der Waals surface area contributed by atoms with E-state index in [0.717, 1.165) is 12.0 Å². The van der Waals surface area contributed by atoms with Gasteiger partial charge in [0.2, 0.25) is 11.8 Å². The Kier molecular flexibility index (Phi) is 9.99. The molecule has 0 radical (unpaired) electrons. The molecule has 2 rings (SSSR count). The fraction of sp³-hybridized carbons (Fsp3) is 0.348. The van der Waals surface area contributed by atoms with E-state index >= 15 is 0 Å². The molecule has 0 spiro atoms. The van der Waals surface area contributed by atoms with Crippen molar-refractivity contribution in [3.05, 3.63) is 57.0 Å². The summed E-state index contributed by atoms with van der Waals surface area (Å²) in [5.74, 6) is -0.105. The number of hydrogen-bond donors (Lipinski definition) is 3. The predicted octanol–water partition coefficient (Wildman–Crippen LogP) is 5.02. The molecule has 0 aliphatic heterocycles. The van der Waals surface area contributed by atoms with Crippen LogP contribution in [0.2, 0.25) is 5.02 Å². The number of hydrazine groups is 1. The van der Waals surface area contributed by atoms with E-state index in [4.69, 9.17) is 16.3 Å². The van der Waals surface area contributed by atoms with Crippen molar-refractivity contribution in [2.75, 3.05) is 11.9 Å². The van der Waals surface area contributed by atoms with Crippen LogP contribution in [0.5, 0.6) is 5.75 Å². The van der Waals surface area contributed by atoms with Crippen LogP contribution in [0.15, 0.2) is 40.9 Å². The first-order valence-electron chi connectivity index (χ1n) is 10.2. The van der Waals surface area contributed by atoms with E-state index in [1.54, 1.807) is 43.3 Å². The molecule has 0 aromatic heterocycles. The third-order valence-electron chi connectivity index (χ3n) is 4.58. The molecule has 0 fully saturated rings. The van der Waals surface area contributed by atoms with E-state index in [1.165, 1.54) is 0 Å². The summed E-state index contributed by atoms with van der Waals surface area (Å²) in [6, 6.07) is 10.1. The normalized spacial score (nSPS) is 10.6. The lowest BCUT2D eigenvalue weighted by atomic mass is 10.1. The van der Waals surface area contributed by atoms with Crippen molar-refractivity contribution >= 4 is 50.9 Å². The highest BCUT2D eigenvalue weighted by Crippen LogP contribution is 2.26. The van der Waals surface area contributed by atoms with Crippen molar-refractivity contribution in [3.63, 3.8) is 0 Å². The van der Waals surface area contributed by atoms with Crippen LogP contribution in [0.1, 0.15) is 49.0 Å². The Morgan fingerprint density at radius 1 is 1.06 bits per heavy atom. The molecule has 172 valence electrons. The number of benzene rings is 2. The summed E-state index contributed by atoms with van der Waals surface area (Å²) in [4.78, 5) is 36.4. The highest BCUT2D eigenvalue weighted by molar-refractivity contribution is 9.10. The van der Waals surface area contributed by atoms with E-state index in [9.17, 15) is 14.4 Å². The number of halogens is 2. The molecule has 7 nitrogen and oxygen atoms in total. The smallest absolute Gasteiger partial charge is 0.269 e. The summed E-state index contributed by atoms with van der Waals surface area (Å²) in [5.41, 5.74) is 6.36. The number of amides is 3. The Bertz CT molecular complexity index is 982. The second-order valence-corrected chi connectivity index (χ2v) is 8.90. The number of ether oxygens (including phenoxy) is 1. The summed E-state index contributed by atoms with van der Waals surface area (Å²) in [5, 5.41) is 3.27. The molecule has 32 heavy (non-hydrogen) atoms. The van der Waals surface area contributed by atoms with Gasteiger partial charge in [0.05, 0.1) is 11.1 Å². The van der Waals surface area contributed by atoms with Gasteiger partial charge in [-0.1, -0.05) is 31.5 Å². The van der Waals surface area contributed by atoms with Gasteiger partial charge in [-0.3, -0.25) is 25.2 Å². The van der Waals surface area contributed by atoms with Crippen molar-refractivity contribution in [2.24, 2.45) is 5.92 Å². The molecule has 3 amide bonds. The zero-order valence-corrected chi connectivity index (χ0v) is 20.6. The van der Waals surface area contributed by atoms with Crippen LogP contribution in [0.4, 0.5) is 5.69 Å². The maximum atomic E-state index is 12.3. The Morgan fingerprint density at radius 2 is 1.78 bits per heavy atom. The van der Waals surface area contributed by atoms with Crippen molar-refractivity contribution in [1.29, 1.82) is 0 Å². The average Bonchev–Trinajstić information content (AvgIpc) is 2.74. The molecule has 0 saturated heterocycles. The topological polar surface area (TPSA) is 96.5 Å². The van der Waals surface area contributed by atoms with Crippen LogP contribution in [0.25, 0.3) is 0 Å². The number of anilines is 1. The van der Waals surface area contributed by atoms with Crippen molar-refractivity contribution in [2.45, 2.75) is 40.0 Å². The highest BCUT2D eigenvalue weighted by atomic mass is 79.9. The van der Waals surface area contributed by atoms with E-state index in [-0.39, 0.29) is 18.7 Å². The van der Waals surface area contributed by atoms with Crippen molar-refractivity contribution in [1.82, 2.24) is 10.9 Å². The molecule has 0 aliphatic rings. The molecule has 9 heteroatoms. The fourth-order valence-electron chi connectivity index (χ4n) is 2.61. The monoisotopic (exact) mass is 523 g/mol. The summed E-state index contributed by atoms with van der Waals surface area (Å²) >= 11 is 9.43. The summed E-state index contributed by atoms with van der Waals surface area (Å²) in [6.45, 7) is 6.62. The van der Waals surface area contributed by atoms with E-state index in [1.807, 2.05) is 0 Å². The zero-order valence-electron chi connectivity index (χ0n) is 18.3. The SMILES string of the molecule is Cc1c(Cl)cccc1NC(=O)CCC(=O)NNC(=O)c1ccc(OCCC(C)C)c(Br)c1. The molecular weight excluding hydrogens is 498 g/mol. The molecule has 0 aliphatic carbocycles. The fourth-order valence-corrected chi connectivity index (χ4v) is 3.28. The zero-order chi connectivity index (χ0) is 23.7. The minimum atomic E-state index is -0.482. The predicted molar refractivity (Wildman–Crippen MR) is 129 cm³/mol. The lowest BCUT2D eigenvalue weighted by molar-refractivity contribution is -0.124. The molecule has 3 N–H and O–H groups in total. The van der Waals surface area contributed by atoms with Crippen molar-refractivity contribution in [3.8, 4) is 5.75 Å². The Labute approximate surface area is 201 Å². The average molecular weight is 525 g/mol. The van der Waals surface area contributed by atoms with Crippen LogP contribution >= 0.6 is 27.5 Å². The molecule has 2 aromatic rings. The number of carbonyl (C=O) groups is 3. The third kappa shape index (κ3) is 8.16. The van der Waals surface area contributed by atoms with Gasteiger partial charge in [-0.05, 0) is 71.1 Å². The van der Waals surface area contributed by atoms with Gasteiger partial charge >= 0.3 is 0 Å². The minimum Gasteiger partial charge on any atom is -0.492 e. The van der Waals surface area contributed by atoms with E-state index < -0.39 is 11.8 Å². The second kappa shape index (κ2) is 12.5. The maximum Gasteiger partial charge on any atom is 0.269 e. The number of carbonyl (C=O) groups excluding carboxylic acids is 3. The number of rotatable bonds is 9. The van der Waals surface area contributed by atoms with E-state index in [0.29, 0.717) is 39.0 Å². The number of nitrogens with one attached hydrogen (secondary N) is 3. The minimum absolute atomic E-state index is 0.0401. The largest absolute Gasteiger partial charge is 0.492 e. The van der Waals surface area contributed by atoms with Crippen LogP contribution in [0.3, 0.4) is 0 Å². The summed E-state index contributed by atoms with van der Waals surface area (Å²) in [7, 11) is 0. The lowest BCUT2D eigenvalue weighted by Gasteiger charge is -2.12. The van der Waals surface area contributed by atoms with Crippen LogP contribution in [0, 0.1) is 12.8 Å². The summed E-state index contributed by atoms with van der Waals surface area (Å²) < 4.78 is 6.34. The first kappa shape index (κ1) is 25.7. The lowest BCUT2D eigenvalue weighted by Crippen LogP contribution is -2.41. The molecule has 0 unspecified atom stereocenters. The molecule has 0 heterocycles. The van der Waals surface area contributed by atoms with Gasteiger partial charge < -0.3 is 10.1 Å². The maximum absolute atomic E-state index is 12.3. The highest BCUT2D eigenvalue weighted by Gasteiger charge is 2.13. The van der Waals surface area contributed by atoms with Crippen LogP contribution in [-0.2, 0) is 9.59 Å². The first-order valence-corrected chi connectivity index (χ1v) is 11.4. The van der Waals surface area contributed by atoms with E-state index in [2.05, 4.69) is 45.9 Å². The summed E-state index contributed by atoms with van der Waals surface area (Å²) in [6.07, 6.45) is 0.803. The number of hydrogen-bond acceptors (Lipinski definition) is 4. The van der Waals surface area contributed by atoms with Gasteiger partial charge in [0, 0.05) is 29.1 Å². The molecule has 0 saturated carbocycles.